The average Bonchev–Trinajstić information content (AvgIpc) is 2.59. The van der Waals surface area contributed by atoms with E-state index in [0.29, 0.717) is 48.3 Å². The molecule has 0 radical (unpaired) electrons. The first-order chi connectivity index (χ1) is 12.1. The summed E-state index contributed by atoms with van der Waals surface area (Å²) < 4.78 is 12.2. The van der Waals surface area contributed by atoms with Crippen LogP contribution in [-0.4, -0.2) is 25.7 Å². The zero-order valence-corrected chi connectivity index (χ0v) is 15.8. The van der Waals surface area contributed by atoms with Gasteiger partial charge in [0, 0.05) is 11.0 Å². The molecule has 0 spiro atoms. The number of carbonyl (C=O) groups excluding carboxylic acids is 1. The Bertz CT molecular complexity index is 807. The highest BCUT2D eigenvalue weighted by atomic mass is 79.9. The monoisotopic (exact) mass is 421 g/mol. The maximum Gasteiger partial charge on any atom is 0.255 e. The molecular formula is C19H17BrClNO3. The summed E-state index contributed by atoms with van der Waals surface area (Å²) in [6.07, 6.45) is 4.38. The van der Waals surface area contributed by atoms with Crippen molar-refractivity contribution >= 4 is 33.4 Å². The normalized spacial score (nSPS) is 16.3. The minimum absolute atomic E-state index is 0.168. The van der Waals surface area contributed by atoms with Crippen molar-refractivity contribution in [1.82, 2.24) is 5.32 Å². The van der Waals surface area contributed by atoms with E-state index >= 15 is 0 Å². The van der Waals surface area contributed by atoms with Crippen LogP contribution in [0, 0.1) is 0 Å². The van der Waals surface area contributed by atoms with Crippen molar-refractivity contribution in [2.75, 3.05) is 19.8 Å². The first-order valence-corrected chi connectivity index (χ1v) is 9.07. The molecule has 0 aliphatic carbocycles. The van der Waals surface area contributed by atoms with E-state index in [4.69, 9.17) is 21.1 Å². The second-order valence-electron chi connectivity index (χ2n) is 5.50. The third-order valence-electron chi connectivity index (χ3n) is 3.72. The van der Waals surface area contributed by atoms with Gasteiger partial charge in [-0.15, -0.1) is 0 Å². The molecule has 2 aliphatic rings. The molecule has 0 saturated heterocycles. The molecule has 1 amide bonds. The molecule has 0 aromatic heterocycles. The Morgan fingerprint density at radius 3 is 2.48 bits per heavy atom. The molecule has 0 fully saturated rings. The third-order valence-corrected chi connectivity index (χ3v) is 4.51. The molecule has 0 saturated carbocycles. The van der Waals surface area contributed by atoms with Crippen LogP contribution in [-0.2, 0) is 6.42 Å². The molecule has 25 heavy (non-hydrogen) atoms. The van der Waals surface area contributed by atoms with Crippen molar-refractivity contribution in [3.63, 3.8) is 0 Å². The zero-order chi connectivity index (χ0) is 17.6. The summed E-state index contributed by atoms with van der Waals surface area (Å²) in [7, 11) is 0. The number of halogens is 2. The largest absolute Gasteiger partial charge is 0.489 e. The molecule has 1 N–H and O–H groups in total. The average molecular weight is 423 g/mol. The molecule has 6 heteroatoms. The summed E-state index contributed by atoms with van der Waals surface area (Å²) in [6.45, 7) is 1.25. The van der Waals surface area contributed by atoms with Crippen LogP contribution >= 0.6 is 27.5 Å². The van der Waals surface area contributed by atoms with Crippen LogP contribution in [0.15, 0.2) is 53.0 Å². The quantitative estimate of drug-likeness (QED) is 0.640. The molecule has 2 heterocycles. The Balaban J connectivity index is 1.84. The smallest absolute Gasteiger partial charge is 0.255 e. The highest BCUT2D eigenvalue weighted by Gasteiger charge is 2.13. The second-order valence-corrected chi connectivity index (χ2v) is 6.83. The highest BCUT2D eigenvalue weighted by molar-refractivity contribution is 9.10. The van der Waals surface area contributed by atoms with Gasteiger partial charge in [-0.3, -0.25) is 4.79 Å². The fourth-order valence-corrected chi connectivity index (χ4v) is 3.07. The van der Waals surface area contributed by atoms with Gasteiger partial charge >= 0.3 is 0 Å². The van der Waals surface area contributed by atoms with E-state index in [0.717, 1.165) is 10.0 Å². The van der Waals surface area contributed by atoms with Crippen LogP contribution in [0.25, 0.3) is 0 Å². The van der Waals surface area contributed by atoms with Gasteiger partial charge < -0.3 is 14.8 Å². The molecule has 2 aromatic carbocycles. The Hall–Kier alpha value is -1.98. The van der Waals surface area contributed by atoms with Crippen LogP contribution in [0.2, 0.25) is 5.02 Å². The molecule has 2 bridgehead atoms. The van der Waals surface area contributed by atoms with Crippen LogP contribution in [0.4, 0.5) is 0 Å². The van der Waals surface area contributed by atoms with E-state index in [9.17, 15) is 4.79 Å². The SMILES string of the molecule is O=C1NCCc2ccc(c(Cl)c2)OC/C=C/COc2ccc(Br)cc21. The number of hydrogen-bond donors (Lipinski definition) is 1. The van der Waals surface area contributed by atoms with Crippen molar-refractivity contribution < 1.29 is 14.3 Å². The van der Waals surface area contributed by atoms with E-state index in [2.05, 4.69) is 21.2 Å². The second kappa shape index (κ2) is 8.41. The summed E-state index contributed by atoms with van der Waals surface area (Å²) >= 11 is 9.64. The van der Waals surface area contributed by atoms with Crippen molar-refractivity contribution in [2.24, 2.45) is 0 Å². The van der Waals surface area contributed by atoms with E-state index in [1.165, 1.54) is 0 Å². The van der Waals surface area contributed by atoms with Gasteiger partial charge in [0.1, 0.15) is 24.7 Å². The van der Waals surface area contributed by atoms with Crippen LogP contribution in [0.1, 0.15) is 15.9 Å². The lowest BCUT2D eigenvalue weighted by Crippen LogP contribution is -2.26. The number of benzene rings is 2. The summed E-state index contributed by atoms with van der Waals surface area (Å²) in [5.41, 5.74) is 1.53. The molecule has 4 rings (SSSR count). The number of rotatable bonds is 0. The number of ether oxygens (including phenoxy) is 2. The summed E-state index contributed by atoms with van der Waals surface area (Å²) in [5.74, 6) is 1.02. The predicted molar refractivity (Wildman–Crippen MR) is 102 cm³/mol. The third kappa shape index (κ3) is 4.77. The first-order valence-electron chi connectivity index (χ1n) is 7.90. The van der Waals surface area contributed by atoms with E-state index < -0.39 is 0 Å². The van der Waals surface area contributed by atoms with Crippen LogP contribution < -0.4 is 14.8 Å². The predicted octanol–water partition coefficient (Wildman–Crippen LogP) is 4.40. The Kier molecular flexibility index (Phi) is 6.00. The van der Waals surface area contributed by atoms with Crippen molar-refractivity contribution in [1.29, 1.82) is 0 Å². The maximum atomic E-state index is 12.5. The lowest BCUT2D eigenvalue weighted by molar-refractivity contribution is 0.0950. The summed E-state index contributed by atoms with van der Waals surface area (Å²) in [6, 6.07) is 11.1. The number of carbonyl (C=O) groups is 1. The fourth-order valence-electron chi connectivity index (χ4n) is 2.45. The minimum atomic E-state index is -0.168. The lowest BCUT2D eigenvalue weighted by Gasteiger charge is -2.13. The number of amides is 1. The van der Waals surface area contributed by atoms with Crippen molar-refractivity contribution in [3.8, 4) is 11.5 Å². The molecular weight excluding hydrogens is 406 g/mol. The van der Waals surface area contributed by atoms with Gasteiger partial charge in [0.2, 0.25) is 0 Å². The molecule has 130 valence electrons. The molecule has 0 atom stereocenters. The van der Waals surface area contributed by atoms with Gasteiger partial charge in [0.05, 0.1) is 10.6 Å². The van der Waals surface area contributed by atoms with E-state index in [1.807, 2.05) is 36.4 Å². The zero-order valence-electron chi connectivity index (χ0n) is 13.4. The lowest BCUT2D eigenvalue weighted by atomic mass is 10.1. The summed E-state index contributed by atoms with van der Waals surface area (Å²) in [5, 5.41) is 3.49. The van der Waals surface area contributed by atoms with Crippen molar-refractivity contribution in [2.45, 2.75) is 6.42 Å². The van der Waals surface area contributed by atoms with Crippen LogP contribution in [0.5, 0.6) is 11.5 Å². The number of fused-ring (bicyclic) bond motifs is 9. The van der Waals surface area contributed by atoms with Gasteiger partial charge in [-0.05, 0) is 54.5 Å². The highest BCUT2D eigenvalue weighted by Crippen LogP contribution is 2.26. The van der Waals surface area contributed by atoms with Gasteiger partial charge in [-0.2, -0.15) is 0 Å². The standard InChI is InChI=1S/C19H17BrClNO3/c20-14-4-6-17-15(12-14)19(23)22-8-7-13-3-5-18(16(21)11-13)25-10-2-1-9-24-17/h1-6,11-12H,7-10H2,(H,22,23)/b2-1+. The van der Waals surface area contributed by atoms with Gasteiger partial charge in [-0.1, -0.05) is 33.6 Å². The van der Waals surface area contributed by atoms with Gasteiger partial charge in [0.25, 0.3) is 5.91 Å². The van der Waals surface area contributed by atoms with E-state index in [-0.39, 0.29) is 5.91 Å². The Morgan fingerprint density at radius 2 is 1.72 bits per heavy atom. The Labute approximate surface area is 159 Å². The van der Waals surface area contributed by atoms with Crippen LogP contribution in [0.3, 0.4) is 0 Å². The Morgan fingerprint density at radius 1 is 1.00 bits per heavy atom. The minimum Gasteiger partial charge on any atom is -0.489 e. The fraction of sp³-hybridized carbons (Fsp3) is 0.211. The molecule has 4 nitrogen and oxygen atoms in total. The molecule has 2 aromatic rings. The summed E-state index contributed by atoms with van der Waals surface area (Å²) in [4.78, 5) is 12.5. The van der Waals surface area contributed by atoms with Gasteiger partial charge in [0.15, 0.2) is 0 Å². The topological polar surface area (TPSA) is 47.6 Å². The number of nitrogens with one attached hydrogen (secondary N) is 1. The van der Waals surface area contributed by atoms with Crippen molar-refractivity contribution in [3.05, 3.63) is 69.2 Å². The maximum absolute atomic E-state index is 12.5. The van der Waals surface area contributed by atoms with E-state index in [1.54, 1.807) is 12.1 Å². The molecule has 0 unspecified atom stereocenters. The first kappa shape index (κ1) is 17.8. The number of hydrogen-bond acceptors (Lipinski definition) is 3. The molecule has 2 aliphatic heterocycles. The van der Waals surface area contributed by atoms with Gasteiger partial charge in [-0.25, -0.2) is 0 Å².